The number of hydrogen-bond acceptors (Lipinski definition) is 4. The van der Waals surface area contributed by atoms with Crippen LogP contribution < -0.4 is 10.6 Å². The molecule has 0 saturated carbocycles. The molecule has 0 spiro atoms. The van der Waals surface area contributed by atoms with Gasteiger partial charge < -0.3 is 9.80 Å². The first-order chi connectivity index (χ1) is 14.9. The average Bonchev–Trinajstić information content (AvgIpc) is 3.14. The van der Waals surface area contributed by atoms with Gasteiger partial charge in [0.2, 0.25) is 0 Å². The van der Waals surface area contributed by atoms with Gasteiger partial charge in [0.25, 0.3) is 5.91 Å². The number of aromatic nitrogens is 3. The minimum Gasteiger partial charge on any atom is -0.378 e. The predicted molar refractivity (Wildman–Crippen MR) is 122 cm³/mol. The maximum Gasteiger partial charge on any atom is 0.347 e. The van der Waals surface area contributed by atoms with Gasteiger partial charge in [0.15, 0.2) is 0 Å². The lowest BCUT2D eigenvalue weighted by Gasteiger charge is -2.32. The van der Waals surface area contributed by atoms with Crippen molar-refractivity contribution in [2.45, 2.75) is 26.2 Å². The molecule has 0 atom stereocenters. The van der Waals surface area contributed by atoms with Gasteiger partial charge in [0.1, 0.15) is 5.82 Å². The molecule has 7 nitrogen and oxygen atoms in total. The van der Waals surface area contributed by atoms with Crippen molar-refractivity contribution in [3.8, 4) is 5.69 Å². The van der Waals surface area contributed by atoms with Crippen molar-refractivity contribution in [3.63, 3.8) is 0 Å². The zero-order valence-corrected chi connectivity index (χ0v) is 18.3. The zero-order chi connectivity index (χ0) is 22.0. The Balaban J connectivity index is 1.41. The molecule has 4 rings (SSSR count). The monoisotopic (exact) mass is 419 g/mol. The zero-order valence-electron chi connectivity index (χ0n) is 18.3. The fourth-order valence-corrected chi connectivity index (χ4v) is 4.21. The summed E-state index contributed by atoms with van der Waals surface area (Å²) in [5, 5.41) is 6.90. The van der Waals surface area contributed by atoms with Gasteiger partial charge in [-0.05, 0) is 61.6 Å². The van der Waals surface area contributed by atoms with Crippen molar-refractivity contribution in [1.29, 1.82) is 0 Å². The Morgan fingerprint density at radius 2 is 1.77 bits per heavy atom. The number of benzene rings is 2. The quantitative estimate of drug-likeness (QED) is 0.690. The van der Waals surface area contributed by atoms with E-state index in [1.807, 2.05) is 79.3 Å². The van der Waals surface area contributed by atoms with E-state index in [0.717, 1.165) is 54.3 Å². The summed E-state index contributed by atoms with van der Waals surface area (Å²) in [6, 6.07) is 15.6. The van der Waals surface area contributed by atoms with Gasteiger partial charge in [-0.25, -0.2) is 14.5 Å². The smallest absolute Gasteiger partial charge is 0.347 e. The van der Waals surface area contributed by atoms with Crippen LogP contribution in [0.25, 0.3) is 5.69 Å². The lowest BCUT2D eigenvalue weighted by Crippen LogP contribution is -2.39. The van der Waals surface area contributed by atoms with Crippen LogP contribution in [0.2, 0.25) is 0 Å². The third kappa shape index (κ3) is 4.40. The highest BCUT2D eigenvalue weighted by atomic mass is 16.2. The Bertz CT molecular complexity index is 1110. The number of nitrogens with zero attached hydrogens (tertiary/aromatic N) is 4. The van der Waals surface area contributed by atoms with Gasteiger partial charge in [0, 0.05) is 44.9 Å². The van der Waals surface area contributed by atoms with Crippen molar-refractivity contribution in [1.82, 2.24) is 19.7 Å². The second-order valence-electron chi connectivity index (χ2n) is 8.45. The highest BCUT2D eigenvalue weighted by Gasteiger charge is 2.25. The first-order valence-electron chi connectivity index (χ1n) is 10.7. The SMILES string of the molecule is Cc1ccccc1-n1c(CC2CCN(C(=O)c3ccc(N(C)C)cc3)CC2)n[nH]c1=O. The Labute approximate surface area is 182 Å². The Morgan fingerprint density at radius 1 is 1.10 bits per heavy atom. The molecule has 1 aromatic heterocycles. The van der Waals surface area contributed by atoms with Crippen molar-refractivity contribution in [2.24, 2.45) is 5.92 Å². The molecular formula is C24H29N5O2. The van der Waals surface area contributed by atoms with E-state index in [4.69, 9.17) is 0 Å². The van der Waals surface area contributed by atoms with Crippen LogP contribution >= 0.6 is 0 Å². The second kappa shape index (κ2) is 8.79. The molecule has 1 N–H and O–H groups in total. The third-order valence-electron chi connectivity index (χ3n) is 6.10. The molecule has 162 valence electrons. The molecule has 7 heteroatoms. The standard InChI is InChI=1S/C24H29N5O2/c1-17-6-4-5-7-21(17)29-22(25-26-24(29)31)16-18-12-14-28(15-13-18)23(30)19-8-10-20(11-9-19)27(2)3/h4-11,18H,12-16H2,1-3H3,(H,26,31). The van der Waals surface area contributed by atoms with Crippen molar-refractivity contribution < 1.29 is 4.79 Å². The fraction of sp³-hybridized carbons (Fsp3) is 0.375. The van der Waals surface area contributed by atoms with E-state index in [0.29, 0.717) is 12.3 Å². The number of carbonyl (C=O) groups excluding carboxylic acids is 1. The first-order valence-corrected chi connectivity index (χ1v) is 10.7. The number of nitrogens with one attached hydrogen (secondary N) is 1. The number of aryl methyl sites for hydroxylation is 1. The van der Waals surface area contributed by atoms with Crippen LogP contribution in [0.5, 0.6) is 0 Å². The van der Waals surface area contributed by atoms with Crippen molar-refractivity contribution in [3.05, 3.63) is 76.0 Å². The molecule has 1 amide bonds. The minimum atomic E-state index is -0.210. The topological polar surface area (TPSA) is 74.2 Å². The van der Waals surface area contributed by atoms with E-state index in [2.05, 4.69) is 10.2 Å². The maximum absolute atomic E-state index is 12.9. The summed E-state index contributed by atoms with van der Waals surface area (Å²) in [6.45, 7) is 3.43. The largest absolute Gasteiger partial charge is 0.378 e. The van der Waals surface area contributed by atoms with Crippen LogP contribution in [-0.4, -0.2) is 52.8 Å². The molecule has 0 radical (unpaired) electrons. The van der Waals surface area contributed by atoms with Gasteiger partial charge in [-0.15, -0.1) is 0 Å². The summed E-state index contributed by atoms with van der Waals surface area (Å²) < 4.78 is 1.68. The summed E-state index contributed by atoms with van der Waals surface area (Å²) in [4.78, 5) is 29.2. The maximum atomic E-state index is 12.9. The highest BCUT2D eigenvalue weighted by molar-refractivity contribution is 5.94. The lowest BCUT2D eigenvalue weighted by molar-refractivity contribution is 0.0689. The van der Waals surface area contributed by atoms with E-state index in [9.17, 15) is 9.59 Å². The molecule has 1 fully saturated rings. The lowest BCUT2D eigenvalue weighted by atomic mass is 9.92. The number of likely N-dealkylation sites (tertiary alicyclic amines) is 1. The van der Waals surface area contributed by atoms with Crippen LogP contribution in [0.1, 0.15) is 34.6 Å². The molecule has 1 aliphatic rings. The summed E-state index contributed by atoms with van der Waals surface area (Å²) in [6.07, 6.45) is 2.51. The fourth-order valence-electron chi connectivity index (χ4n) is 4.21. The normalized spacial score (nSPS) is 14.6. The van der Waals surface area contributed by atoms with E-state index in [1.54, 1.807) is 4.57 Å². The van der Waals surface area contributed by atoms with E-state index >= 15 is 0 Å². The second-order valence-corrected chi connectivity index (χ2v) is 8.45. The Hall–Kier alpha value is -3.35. The van der Waals surface area contributed by atoms with Gasteiger partial charge in [-0.1, -0.05) is 18.2 Å². The number of carbonyl (C=O) groups is 1. The Kier molecular flexibility index (Phi) is 5.93. The summed E-state index contributed by atoms with van der Waals surface area (Å²) in [7, 11) is 3.97. The molecule has 0 aliphatic carbocycles. The molecule has 0 unspecified atom stereocenters. The van der Waals surface area contributed by atoms with E-state index in [-0.39, 0.29) is 11.6 Å². The number of aromatic amines is 1. The number of rotatable bonds is 5. The number of H-pyrrole nitrogens is 1. The number of amides is 1. The number of piperidine rings is 1. The van der Waals surface area contributed by atoms with Gasteiger partial charge in [0.05, 0.1) is 5.69 Å². The van der Waals surface area contributed by atoms with E-state index in [1.165, 1.54) is 0 Å². The van der Waals surface area contributed by atoms with Crippen LogP contribution in [0.15, 0.2) is 53.3 Å². The Morgan fingerprint density at radius 3 is 2.42 bits per heavy atom. The predicted octanol–water partition coefficient (Wildman–Crippen LogP) is 3.03. The molecule has 0 bridgehead atoms. The van der Waals surface area contributed by atoms with Crippen molar-refractivity contribution >= 4 is 11.6 Å². The summed E-state index contributed by atoms with van der Waals surface area (Å²) in [5.74, 6) is 1.22. The van der Waals surface area contributed by atoms with Gasteiger partial charge >= 0.3 is 5.69 Å². The van der Waals surface area contributed by atoms with E-state index < -0.39 is 0 Å². The van der Waals surface area contributed by atoms with Gasteiger partial charge in [-0.3, -0.25) is 4.79 Å². The number of hydrogen-bond donors (Lipinski definition) is 1. The summed E-state index contributed by atoms with van der Waals surface area (Å²) >= 11 is 0. The number of para-hydroxylation sites is 1. The molecule has 31 heavy (non-hydrogen) atoms. The summed E-state index contributed by atoms with van der Waals surface area (Å²) in [5.41, 5.74) is 3.50. The van der Waals surface area contributed by atoms with Crippen LogP contribution in [0, 0.1) is 12.8 Å². The van der Waals surface area contributed by atoms with Crippen LogP contribution in [-0.2, 0) is 6.42 Å². The highest BCUT2D eigenvalue weighted by Crippen LogP contribution is 2.24. The van der Waals surface area contributed by atoms with Crippen LogP contribution in [0.4, 0.5) is 5.69 Å². The molecule has 2 aromatic carbocycles. The van der Waals surface area contributed by atoms with Crippen molar-refractivity contribution in [2.75, 3.05) is 32.1 Å². The molecule has 1 saturated heterocycles. The molecular weight excluding hydrogens is 390 g/mol. The van der Waals surface area contributed by atoms with Gasteiger partial charge in [-0.2, -0.15) is 5.10 Å². The van der Waals surface area contributed by atoms with Crippen LogP contribution in [0.3, 0.4) is 0 Å². The number of anilines is 1. The molecule has 1 aliphatic heterocycles. The minimum absolute atomic E-state index is 0.0837. The first kappa shape index (κ1) is 20.9. The molecule has 3 aromatic rings. The molecule has 2 heterocycles. The third-order valence-corrected chi connectivity index (χ3v) is 6.10. The average molecular weight is 420 g/mol.